The Labute approximate surface area is 434 Å². The molecule has 3 atom stereocenters. The Morgan fingerprint density at radius 2 is 1.68 bits per heavy atom. The molecular weight excluding hydrogens is 969 g/mol. The first kappa shape index (κ1) is 51.3. The highest BCUT2D eigenvalue weighted by Gasteiger charge is 2.54. The number of benzene rings is 3. The third-order valence-corrected chi connectivity index (χ3v) is 18.2. The van der Waals surface area contributed by atoms with Gasteiger partial charge in [0.05, 0.1) is 12.0 Å². The van der Waals surface area contributed by atoms with Crippen LogP contribution >= 0.6 is 0 Å². The number of aliphatic hydroxyl groups excluding tert-OH is 2. The summed E-state index contributed by atoms with van der Waals surface area (Å²) < 4.78 is 78.9. The number of anilines is 1. The summed E-state index contributed by atoms with van der Waals surface area (Å²) in [5.41, 5.74) is 6.97. The van der Waals surface area contributed by atoms with E-state index in [1.54, 1.807) is 20.0 Å². The normalized spacial score (nSPS) is 26.1. The van der Waals surface area contributed by atoms with Crippen molar-refractivity contribution in [2.45, 2.75) is 120 Å². The molecule has 18 heteroatoms. The molecule has 4 aliphatic heterocycles. The maximum absolute atomic E-state index is 16.7. The summed E-state index contributed by atoms with van der Waals surface area (Å²) >= 11 is 0. The number of likely N-dealkylation sites (tertiary alicyclic amines) is 2. The van der Waals surface area contributed by atoms with E-state index in [-0.39, 0.29) is 99.1 Å². The zero-order valence-electron chi connectivity index (χ0n) is 42.8. The molecule has 5 aromatic rings. The van der Waals surface area contributed by atoms with E-state index in [2.05, 4.69) is 37.7 Å². The number of ether oxygens (including phenoxy) is 2. The smallest absolute Gasteiger partial charge is 0.329 e. The van der Waals surface area contributed by atoms with Crippen molar-refractivity contribution in [3.63, 3.8) is 0 Å². The molecule has 7 aliphatic rings. The molecule has 3 saturated carbocycles. The van der Waals surface area contributed by atoms with Crippen LogP contribution in [0.25, 0.3) is 22.0 Å². The number of aryl methyl sites for hydroxylation is 1. The van der Waals surface area contributed by atoms with Gasteiger partial charge in [0.2, 0.25) is 5.91 Å². The minimum absolute atomic E-state index is 0.0640. The van der Waals surface area contributed by atoms with Gasteiger partial charge in [0.25, 0.3) is 0 Å². The lowest BCUT2D eigenvalue weighted by Gasteiger charge is -2.56. The first-order valence-corrected chi connectivity index (χ1v) is 26.6. The molecule has 12 rings (SSSR count). The van der Waals surface area contributed by atoms with E-state index in [1.165, 1.54) is 33.8 Å². The molecule has 1 unspecified atom stereocenters. The van der Waals surface area contributed by atoms with Crippen LogP contribution in [0.4, 0.5) is 28.2 Å². The van der Waals surface area contributed by atoms with Crippen molar-refractivity contribution in [2.24, 2.45) is 18.2 Å². The fourth-order valence-electron chi connectivity index (χ4n) is 13.9. The van der Waals surface area contributed by atoms with Gasteiger partial charge >= 0.3 is 6.03 Å². The van der Waals surface area contributed by atoms with E-state index >= 15 is 17.6 Å². The second kappa shape index (κ2) is 20.0. The number of fused-ring (bicyclic) bond motifs is 5. The number of hydrogen-bond acceptors (Lipinski definition) is 11. The lowest BCUT2D eigenvalue weighted by Crippen LogP contribution is -2.60. The van der Waals surface area contributed by atoms with Gasteiger partial charge in [0.15, 0.2) is 28.8 Å². The van der Waals surface area contributed by atoms with E-state index in [0.717, 1.165) is 89.7 Å². The molecule has 2 bridgehead atoms. The van der Waals surface area contributed by atoms with Crippen LogP contribution < -0.4 is 30.7 Å². The predicted octanol–water partition coefficient (Wildman–Crippen LogP) is 7.89. The average molecular weight is 1040 g/mol. The molecule has 398 valence electrons. The molecule has 6 fully saturated rings. The summed E-state index contributed by atoms with van der Waals surface area (Å²) in [5, 5.41) is 31.0. The third-order valence-electron chi connectivity index (χ3n) is 18.2. The Hall–Kier alpha value is -5.81. The SMILES string of the molecule is Cc1c(F)cc2c(c1-c1c(C(N)O)ccc(OCCO)c1F)[C@H](C)[C@@](CNC13CCC(CN4CCC(N5CCC(c6c(F)cc7c(N8CCC(=O)NC8=O)nn(C)c7c6F)CC5)CC4)(CC1)CC3)(c1c#cccc1)O2. The number of halogens is 4. The number of rotatable bonds is 14. The van der Waals surface area contributed by atoms with Gasteiger partial charge in [0.1, 0.15) is 35.7 Å². The summed E-state index contributed by atoms with van der Waals surface area (Å²) in [5.74, 6) is -3.61. The molecule has 1 aromatic heterocycles. The summed E-state index contributed by atoms with van der Waals surface area (Å²) in [6.45, 7) is 8.10. The molecular formula is C57H66F4N8O6. The molecule has 6 N–H and O–H groups in total. The number of nitrogens with one attached hydrogen (secondary N) is 2. The number of aliphatic hydroxyl groups is 2. The number of carbonyl (C=O) groups is 2. The summed E-state index contributed by atoms with van der Waals surface area (Å²) in [6.07, 6.45) is 8.10. The van der Waals surface area contributed by atoms with Gasteiger partial charge in [-0.2, -0.15) is 5.10 Å². The molecule has 4 aromatic carbocycles. The van der Waals surface area contributed by atoms with Crippen LogP contribution in [0.15, 0.2) is 42.5 Å². The van der Waals surface area contributed by atoms with Crippen LogP contribution in [0.5, 0.6) is 11.5 Å². The van der Waals surface area contributed by atoms with E-state index in [4.69, 9.17) is 15.2 Å². The maximum Gasteiger partial charge on any atom is 0.329 e. The first-order chi connectivity index (χ1) is 36.0. The van der Waals surface area contributed by atoms with Gasteiger partial charge in [-0.05, 0) is 144 Å². The van der Waals surface area contributed by atoms with E-state index in [1.807, 2.05) is 19.1 Å². The highest BCUT2D eigenvalue weighted by molar-refractivity contribution is 6.09. The van der Waals surface area contributed by atoms with Crippen molar-refractivity contribution in [1.29, 1.82) is 0 Å². The Morgan fingerprint density at radius 1 is 0.947 bits per heavy atom. The highest BCUT2D eigenvalue weighted by atomic mass is 19.1. The molecule has 3 aliphatic carbocycles. The van der Waals surface area contributed by atoms with Gasteiger partial charge in [-0.3, -0.25) is 19.7 Å². The largest absolute Gasteiger partial charge is 0.488 e. The van der Waals surface area contributed by atoms with Gasteiger partial charge in [0, 0.05) is 84.5 Å². The number of urea groups is 1. The fourth-order valence-corrected chi connectivity index (χ4v) is 13.9. The second-order valence-electron chi connectivity index (χ2n) is 22.2. The van der Waals surface area contributed by atoms with Crippen molar-refractivity contribution in [3.05, 3.63) is 106 Å². The Morgan fingerprint density at radius 3 is 2.35 bits per heavy atom. The van der Waals surface area contributed by atoms with Crippen molar-refractivity contribution < 1.29 is 46.8 Å². The summed E-state index contributed by atoms with van der Waals surface area (Å²) in [4.78, 5) is 30.8. The predicted molar refractivity (Wildman–Crippen MR) is 273 cm³/mol. The number of carbonyl (C=O) groups excluding carboxylic acids is 2. The number of aromatic nitrogens is 2. The molecule has 3 saturated heterocycles. The van der Waals surface area contributed by atoms with Crippen LogP contribution in [-0.2, 0) is 17.4 Å². The van der Waals surface area contributed by atoms with Crippen LogP contribution in [0, 0.1) is 47.7 Å². The molecule has 0 radical (unpaired) electrons. The van der Waals surface area contributed by atoms with E-state index in [0.29, 0.717) is 31.0 Å². The molecule has 3 amide bonds. The second-order valence-corrected chi connectivity index (χ2v) is 22.2. The molecule has 0 spiro atoms. The lowest BCUT2D eigenvalue weighted by atomic mass is 9.57. The number of nitrogens with two attached hydrogens (primary N) is 1. The first-order valence-electron chi connectivity index (χ1n) is 26.6. The topological polar surface area (TPSA) is 171 Å². The molecule has 14 nitrogen and oxygen atoms in total. The molecule has 5 heterocycles. The number of hydrogen-bond donors (Lipinski definition) is 5. The lowest BCUT2D eigenvalue weighted by molar-refractivity contribution is -0.120. The minimum atomic E-state index is -1.58. The Bertz CT molecular complexity index is 2990. The third kappa shape index (κ3) is 9.00. The number of imide groups is 1. The van der Waals surface area contributed by atoms with Crippen LogP contribution in [0.1, 0.15) is 123 Å². The maximum atomic E-state index is 16.7. The van der Waals surface area contributed by atoms with Crippen LogP contribution in [-0.4, -0.2) is 112 Å². The highest BCUT2D eigenvalue weighted by Crippen LogP contribution is 2.58. The van der Waals surface area contributed by atoms with Crippen molar-refractivity contribution in [2.75, 3.05) is 63.9 Å². The quantitative estimate of drug-likeness (QED) is 0.0542. The Kier molecular flexibility index (Phi) is 13.7. The van der Waals surface area contributed by atoms with Gasteiger partial charge in [-0.15, -0.1) is 0 Å². The van der Waals surface area contributed by atoms with Crippen LogP contribution in [0.3, 0.4) is 0 Å². The summed E-state index contributed by atoms with van der Waals surface area (Å²) in [6, 6.07) is 17.2. The molecule has 75 heavy (non-hydrogen) atoms. The van der Waals surface area contributed by atoms with Gasteiger partial charge < -0.3 is 40.5 Å². The zero-order valence-corrected chi connectivity index (χ0v) is 42.8. The Balaban J connectivity index is 0.727. The minimum Gasteiger partial charge on any atom is -0.488 e. The van der Waals surface area contributed by atoms with Gasteiger partial charge in [-0.1, -0.05) is 31.2 Å². The van der Waals surface area contributed by atoms with Crippen molar-refractivity contribution in [3.8, 4) is 22.6 Å². The van der Waals surface area contributed by atoms with Crippen LogP contribution in [0.2, 0.25) is 0 Å². The van der Waals surface area contributed by atoms with Crippen molar-refractivity contribution >= 4 is 28.7 Å². The van der Waals surface area contributed by atoms with Crippen molar-refractivity contribution in [1.82, 2.24) is 30.2 Å². The zero-order chi connectivity index (χ0) is 52.6. The fraction of sp³-hybridized carbons (Fsp3) is 0.526. The number of piperidine rings is 2. The number of amides is 3. The standard InChI is InChI=1S/C57H66F4N8O6/c1-33-40(58)30-43-46(45(33)48-38(52(62)72)9-10-42(49(48)60)74-28-27-70)34(2)57(75-43,36-7-5-4-6-8-36)31-63-56-19-16-55(17-20-56,18-21-56)32-67-22-13-37(14-23-67)68-24-11-35(12-25-68)47-41(59)29-39-51(50(47)61)66(3)65-53(39)69-26-15-44(71)64-54(69)73/h4-5,7,9-10,29-30,34-35,37,52,63,70,72H,11-28,31-32,62H2,1-3H3,(H,64,71,73)/t34-,52?,55?,56?,57-/m0/s1. The summed E-state index contributed by atoms with van der Waals surface area (Å²) in [7, 11) is 1.58. The average Bonchev–Trinajstić information content (AvgIpc) is 3.91. The van der Waals surface area contributed by atoms with E-state index < -0.39 is 53.0 Å². The van der Waals surface area contributed by atoms with Gasteiger partial charge in [-0.25, -0.2) is 22.4 Å². The monoisotopic (exact) mass is 1030 g/mol. The van der Waals surface area contributed by atoms with E-state index in [9.17, 15) is 19.8 Å². The number of nitrogens with zero attached hydrogens (tertiary/aromatic N) is 5.